The molecule has 0 N–H and O–H groups in total. The Labute approximate surface area is 233 Å². The number of halogens is 1. The van der Waals surface area contributed by atoms with Gasteiger partial charge in [-0.2, -0.15) is 5.10 Å². The lowest BCUT2D eigenvalue weighted by Gasteiger charge is -2.36. The lowest BCUT2D eigenvalue weighted by molar-refractivity contribution is 0.0746. The summed E-state index contributed by atoms with van der Waals surface area (Å²) in [6.07, 6.45) is 1.98. The maximum absolute atomic E-state index is 13.7. The molecule has 0 saturated carbocycles. The lowest BCUT2D eigenvalue weighted by atomic mass is 10.1. The molecule has 1 atom stereocenters. The molecule has 0 bridgehead atoms. The van der Waals surface area contributed by atoms with Crippen molar-refractivity contribution in [3.05, 3.63) is 65.4 Å². The molecule has 0 spiro atoms. The molecule has 2 aromatic carbocycles. The van der Waals surface area contributed by atoms with Crippen LogP contribution >= 0.6 is 0 Å². The first-order valence-corrected chi connectivity index (χ1v) is 13.6. The van der Waals surface area contributed by atoms with Gasteiger partial charge in [0.15, 0.2) is 5.65 Å². The fraction of sp³-hybridized carbons (Fsp3) is 0.400. The normalized spacial score (nSPS) is 14.4. The number of ether oxygens (including phenoxy) is 2. The molecule has 10 heteroatoms. The van der Waals surface area contributed by atoms with Gasteiger partial charge in [0.1, 0.15) is 29.0 Å². The van der Waals surface area contributed by atoms with Crippen molar-refractivity contribution in [2.24, 2.45) is 0 Å². The minimum absolute atomic E-state index is 0.0674. The molecule has 3 heterocycles. The van der Waals surface area contributed by atoms with Crippen molar-refractivity contribution in [1.82, 2.24) is 24.6 Å². The predicted molar refractivity (Wildman–Crippen MR) is 152 cm³/mol. The second kappa shape index (κ2) is 11.5. The lowest BCUT2D eigenvalue weighted by Crippen LogP contribution is -2.49. The summed E-state index contributed by atoms with van der Waals surface area (Å²) in [6, 6.07) is 11.5. The van der Waals surface area contributed by atoms with Gasteiger partial charge in [-0.15, -0.1) is 0 Å². The van der Waals surface area contributed by atoms with Gasteiger partial charge < -0.3 is 19.3 Å². The number of benzene rings is 2. The first kappa shape index (κ1) is 27.4. The molecule has 40 heavy (non-hydrogen) atoms. The number of amides is 1. The van der Waals surface area contributed by atoms with Crippen LogP contribution in [0.1, 0.15) is 54.5 Å². The van der Waals surface area contributed by atoms with Crippen LogP contribution in [0.25, 0.3) is 16.7 Å². The van der Waals surface area contributed by atoms with E-state index in [2.05, 4.69) is 18.7 Å². The molecule has 4 aromatic rings. The maximum atomic E-state index is 13.7. The van der Waals surface area contributed by atoms with E-state index in [1.807, 2.05) is 11.8 Å². The van der Waals surface area contributed by atoms with Crippen LogP contribution in [0.4, 0.5) is 10.2 Å². The van der Waals surface area contributed by atoms with Crippen LogP contribution in [-0.4, -0.2) is 71.0 Å². The molecule has 1 aliphatic heterocycles. The van der Waals surface area contributed by atoms with Gasteiger partial charge >= 0.3 is 0 Å². The number of hydrogen-bond acceptors (Lipinski definition) is 7. The van der Waals surface area contributed by atoms with E-state index in [0.29, 0.717) is 48.9 Å². The summed E-state index contributed by atoms with van der Waals surface area (Å²) in [5.41, 5.74) is 2.77. The average molecular weight is 547 g/mol. The van der Waals surface area contributed by atoms with E-state index in [0.717, 1.165) is 41.3 Å². The van der Waals surface area contributed by atoms with E-state index in [4.69, 9.17) is 24.5 Å². The van der Waals surface area contributed by atoms with E-state index in [9.17, 15) is 9.18 Å². The Bertz CT molecular complexity index is 1490. The largest absolute Gasteiger partial charge is 0.497 e. The molecule has 1 aliphatic rings. The molecule has 5 rings (SSSR count). The van der Waals surface area contributed by atoms with Crippen molar-refractivity contribution in [2.75, 3.05) is 45.3 Å². The Morgan fingerprint density at radius 2 is 1.65 bits per heavy atom. The zero-order chi connectivity index (χ0) is 28.4. The molecule has 1 saturated heterocycles. The number of methoxy groups -OCH3 is 2. The highest BCUT2D eigenvalue weighted by Gasteiger charge is 2.28. The summed E-state index contributed by atoms with van der Waals surface area (Å²) in [4.78, 5) is 27.5. The van der Waals surface area contributed by atoms with Crippen molar-refractivity contribution in [3.63, 3.8) is 0 Å². The number of aryl methyl sites for hydroxylation is 1. The highest BCUT2D eigenvalue weighted by Crippen LogP contribution is 2.32. The number of anilines is 1. The maximum Gasteiger partial charge on any atom is 0.254 e. The Kier molecular flexibility index (Phi) is 7.86. The molecule has 1 amide bonds. The summed E-state index contributed by atoms with van der Waals surface area (Å²) in [7, 11) is 3.14. The standard InChI is InChI=1S/C30H35FN6O3/c1-6-7-19(2)27-32-28(26-20(3)34-37(29(26)33-27)23-10-8-22(31)9-11-23)35-12-14-36(15-13-35)30(38)21-16-24(39-4)18-25(17-21)40-5/h8-11,16-19H,6-7,12-15H2,1-5H3/t19-/m1/s1. The smallest absolute Gasteiger partial charge is 0.254 e. The fourth-order valence-corrected chi connectivity index (χ4v) is 5.19. The molecular formula is C30H35FN6O3. The minimum atomic E-state index is -0.302. The summed E-state index contributed by atoms with van der Waals surface area (Å²) in [6.45, 7) is 8.53. The van der Waals surface area contributed by atoms with Crippen LogP contribution in [0.5, 0.6) is 11.5 Å². The number of carbonyl (C=O) groups excluding carboxylic acids is 1. The number of rotatable bonds is 8. The first-order chi connectivity index (χ1) is 19.3. The third kappa shape index (κ3) is 5.30. The predicted octanol–water partition coefficient (Wildman–Crippen LogP) is 5.15. The highest BCUT2D eigenvalue weighted by molar-refractivity contribution is 5.95. The number of fused-ring (bicyclic) bond motifs is 1. The van der Waals surface area contributed by atoms with E-state index < -0.39 is 0 Å². The summed E-state index contributed by atoms with van der Waals surface area (Å²) >= 11 is 0. The van der Waals surface area contributed by atoms with Crippen LogP contribution in [0.15, 0.2) is 42.5 Å². The summed E-state index contributed by atoms with van der Waals surface area (Å²) in [5, 5.41) is 5.65. The van der Waals surface area contributed by atoms with Gasteiger partial charge in [0.05, 0.1) is 31.0 Å². The molecule has 0 unspecified atom stereocenters. The van der Waals surface area contributed by atoms with Gasteiger partial charge in [-0.1, -0.05) is 20.3 Å². The highest BCUT2D eigenvalue weighted by atomic mass is 19.1. The Morgan fingerprint density at radius 1 is 1.00 bits per heavy atom. The molecular weight excluding hydrogens is 511 g/mol. The number of piperazine rings is 1. The Balaban J connectivity index is 1.47. The second-order valence-electron chi connectivity index (χ2n) is 10.1. The second-order valence-corrected chi connectivity index (χ2v) is 10.1. The van der Waals surface area contributed by atoms with Crippen LogP contribution in [0, 0.1) is 12.7 Å². The van der Waals surface area contributed by atoms with Crippen molar-refractivity contribution < 1.29 is 18.7 Å². The first-order valence-electron chi connectivity index (χ1n) is 13.6. The zero-order valence-electron chi connectivity index (χ0n) is 23.6. The van der Waals surface area contributed by atoms with Gasteiger partial charge in [0.25, 0.3) is 5.91 Å². The minimum Gasteiger partial charge on any atom is -0.497 e. The van der Waals surface area contributed by atoms with Gasteiger partial charge in [0, 0.05) is 43.7 Å². The number of aromatic nitrogens is 4. The van der Waals surface area contributed by atoms with Crippen LogP contribution in [-0.2, 0) is 0 Å². The van der Waals surface area contributed by atoms with E-state index in [1.165, 1.54) is 12.1 Å². The van der Waals surface area contributed by atoms with Crippen molar-refractivity contribution in [1.29, 1.82) is 0 Å². The van der Waals surface area contributed by atoms with Gasteiger partial charge in [-0.25, -0.2) is 19.0 Å². The summed E-state index contributed by atoms with van der Waals surface area (Å²) in [5.74, 6) is 2.53. The Hall–Kier alpha value is -4.21. The summed E-state index contributed by atoms with van der Waals surface area (Å²) < 4.78 is 26.1. The third-order valence-corrected chi connectivity index (χ3v) is 7.40. The van der Waals surface area contributed by atoms with Crippen LogP contribution in [0.2, 0.25) is 0 Å². The number of carbonyl (C=O) groups is 1. The van der Waals surface area contributed by atoms with E-state index in [1.54, 1.807) is 49.2 Å². The van der Waals surface area contributed by atoms with Crippen molar-refractivity contribution >= 4 is 22.8 Å². The van der Waals surface area contributed by atoms with E-state index >= 15 is 0 Å². The fourth-order valence-electron chi connectivity index (χ4n) is 5.19. The molecule has 210 valence electrons. The zero-order valence-corrected chi connectivity index (χ0v) is 23.6. The average Bonchev–Trinajstić information content (AvgIpc) is 3.32. The van der Waals surface area contributed by atoms with Gasteiger partial charge in [-0.05, 0) is 49.7 Å². The monoisotopic (exact) mass is 546 g/mol. The topological polar surface area (TPSA) is 85.6 Å². The van der Waals surface area contributed by atoms with Crippen LogP contribution in [0.3, 0.4) is 0 Å². The quantitative estimate of drug-likeness (QED) is 0.302. The van der Waals surface area contributed by atoms with Crippen molar-refractivity contribution in [2.45, 2.75) is 39.5 Å². The SMILES string of the molecule is CCC[C@@H](C)c1nc(N2CCN(C(=O)c3cc(OC)cc(OC)c3)CC2)c2c(C)nn(-c3ccc(F)cc3)c2n1. The van der Waals surface area contributed by atoms with E-state index in [-0.39, 0.29) is 17.6 Å². The van der Waals surface area contributed by atoms with Gasteiger partial charge in [0.2, 0.25) is 0 Å². The molecule has 1 fully saturated rings. The number of hydrogen-bond donors (Lipinski definition) is 0. The molecule has 2 aromatic heterocycles. The third-order valence-electron chi connectivity index (χ3n) is 7.40. The van der Waals surface area contributed by atoms with Crippen molar-refractivity contribution in [3.8, 4) is 17.2 Å². The Morgan fingerprint density at radius 3 is 2.25 bits per heavy atom. The van der Waals surface area contributed by atoms with Crippen LogP contribution < -0.4 is 14.4 Å². The molecule has 0 aliphatic carbocycles. The molecule has 0 radical (unpaired) electrons. The number of nitrogens with zero attached hydrogens (tertiary/aromatic N) is 6. The molecule has 9 nitrogen and oxygen atoms in total. The van der Waals surface area contributed by atoms with Gasteiger partial charge in [-0.3, -0.25) is 4.79 Å².